The van der Waals surface area contributed by atoms with Crippen molar-refractivity contribution in [3.63, 3.8) is 0 Å². The Morgan fingerprint density at radius 3 is 2.42 bits per heavy atom. The molecule has 3 nitrogen and oxygen atoms in total. The quantitative estimate of drug-likeness (QED) is 0.622. The van der Waals surface area contributed by atoms with Crippen LogP contribution in [0.15, 0.2) is 0 Å². The Hall–Kier alpha value is -0.120. The largest absolute Gasteiger partial charge is 0.394 e. The summed E-state index contributed by atoms with van der Waals surface area (Å²) in [4.78, 5) is 0. The molecule has 0 aliphatic carbocycles. The highest BCUT2D eigenvalue weighted by Crippen LogP contribution is 2.03. The zero-order chi connectivity index (χ0) is 9.61. The molecule has 2 N–H and O–H groups in total. The van der Waals surface area contributed by atoms with E-state index < -0.39 is 0 Å². The normalized spacial score (nSPS) is 16.5. The lowest BCUT2D eigenvalue weighted by atomic mass is 10.1. The van der Waals surface area contributed by atoms with Crippen LogP contribution in [0.2, 0.25) is 0 Å². The Morgan fingerprint density at radius 1 is 1.50 bits per heavy atom. The molecule has 74 valence electrons. The molecule has 0 aliphatic heterocycles. The number of nitrogens with one attached hydrogen (secondary N) is 1. The molecule has 0 spiro atoms. The fourth-order valence-electron chi connectivity index (χ4n) is 0.717. The van der Waals surface area contributed by atoms with Crippen molar-refractivity contribution in [2.24, 2.45) is 5.92 Å². The van der Waals surface area contributed by atoms with Crippen LogP contribution in [0.1, 0.15) is 20.8 Å². The topological polar surface area (TPSA) is 41.5 Å². The maximum absolute atomic E-state index is 9.01. The standard InChI is InChI=1S/C9H21NO2/c1-8(2)5-12-7-9(3,6-11)10-4/h8,10-11H,5-7H2,1-4H3. The molecule has 0 radical (unpaired) electrons. The third kappa shape index (κ3) is 4.70. The summed E-state index contributed by atoms with van der Waals surface area (Å²) < 4.78 is 5.42. The average molecular weight is 175 g/mol. The van der Waals surface area contributed by atoms with Crippen LogP contribution in [0.3, 0.4) is 0 Å². The van der Waals surface area contributed by atoms with E-state index in [2.05, 4.69) is 19.2 Å². The third-order valence-electron chi connectivity index (χ3n) is 1.82. The molecule has 0 saturated carbocycles. The van der Waals surface area contributed by atoms with Gasteiger partial charge < -0.3 is 15.2 Å². The number of likely N-dealkylation sites (N-methyl/N-ethyl adjacent to an activating group) is 1. The Balaban J connectivity index is 3.58. The van der Waals surface area contributed by atoms with Crippen molar-refractivity contribution in [1.29, 1.82) is 0 Å². The zero-order valence-corrected chi connectivity index (χ0v) is 8.55. The van der Waals surface area contributed by atoms with E-state index in [1.807, 2.05) is 14.0 Å². The number of ether oxygens (including phenoxy) is 1. The zero-order valence-electron chi connectivity index (χ0n) is 8.55. The summed E-state index contributed by atoms with van der Waals surface area (Å²) in [7, 11) is 1.83. The van der Waals surface area contributed by atoms with Crippen molar-refractivity contribution in [3.05, 3.63) is 0 Å². The van der Waals surface area contributed by atoms with E-state index in [-0.39, 0.29) is 12.1 Å². The highest BCUT2D eigenvalue weighted by molar-refractivity contribution is 4.79. The molecule has 0 amide bonds. The van der Waals surface area contributed by atoms with Gasteiger partial charge in [0.05, 0.1) is 18.8 Å². The van der Waals surface area contributed by atoms with Crippen LogP contribution in [0.5, 0.6) is 0 Å². The molecule has 0 fully saturated rings. The minimum atomic E-state index is -0.297. The first-order valence-electron chi connectivity index (χ1n) is 4.41. The number of rotatable bonds is 6. The predicted molar refractivity (Wildman–Crippen MR) is 50.2 cm³/mol. The fourth-order valence-corrected chi connectivity index (χ4v) is 0.717. The summed E-state index contributed by atoms with van der Waals surface area (Å²) in [6.45, 7) is 7.55. The molecule has 0 rings (SSSR count). The molecular formula is C9H21NO2. The lowest BCUT2D eigenvalue weighted by Crippen LogP contribution is -2.47. The Morgan fingerprint density at radius 2 is 2.08 bits per heavy atom. The van der Waals surface area contributed by atoms with Crippen LogP contribution in [-0.2, 0) is 4.74 Å². The fraction of sp³-hybridized carbons (Fsp3) is 1.00. The van der Waals surface area contributed by atoms with Crippen molar-refractivity contribution in [3.8, 4) is 0 Å². The molecule has 0 heterocycles. The molecule has 1 atom stereocenters. The average Bonchev–Trinajstić information content (AvgIpc) is 2.03. The van der Waals surface area contributed by atoms with Crippen LogP contribution >= 0.6 is 0 Å². The highest BCUT2D eigenvalue weighted by Gasteiger charge is 2.20. The minimum absolute atomic E-state index is 0.0988. The molecule has 0 aromatic carbocycles. The van der Waals surface area contributed by atoms with Gasteiger partial charge in [-0.3, -0.25) is 0 Å². The van der Waals surface area contributed by atoms with Crippen LogP contribution < -0.4 is 5.32 Å². The van der Waals surface area contributed by atoms with Gasteiger partial charge in [-0.05, 0) is 19.9 Å². The second-order valence-electron chi connectivity index (χ2n) is 3.88. The number of aliphatic hydroxyl groups excluding tert-OH is 1. The van der Waals surface area contributed by atoms with Crippen molar-refractivity contribution in [2.75, 3.05) is 26.9 Å². The van der Waals surface area contributed by atoms with Gasteiger partial charge in [0.2, 0.25) is 0 Å². The lowest BCUT2D eigenvalue weighted by molar-refractivity contribution is 0.0361. The van der Waals surface area contributed by atoms with Crippen LogP contribution in [0.25, 0.3) is 0 Å². The van der Waals surface area contributed by atoms with E-state index in [4.69, 9.17) is 9.84 Å². The molecule has 0 bridgehead atoms. The number of aliphatic hydroxyl groups is 1. The minimum Gasteiger partial charge on any atom is -0.394 e. The van der Waals surface area contributed by atoms with Gasteiger partial charge in [-0.15, -0.1) is 0 Å². The molecule has 0 aromatic heterocycles. The molecule has 1 unspecified atom stereocenters. The highest BCUT2D eigenvalue weighted by atomic mass is 16.5. The maximum atomic E-state index is 9.01. The molecule has 0 aromatic rings. The van der Waals surface area contributed by atoms with E-state index in [1.165, 1.54) is 0 Å². The van der Waals surface area contributed by atoms with Gasteiger partial charge >= 0.3 is 0 Å². The Kier molecular flexibility index (Phi) is 5.46. The summed E-state index contributed by atoms with van der Waals surface area (Å²) in [6, 6.07) is 0. The smallest absolute Gasteiger partial charge is 0.0668 e. The second-order valence-corrected chi connectivity index (χ2v) is 3.88. The molecule has 0 aliphatic rings. The summed E-state index contributed by atoms with van der Waals surface area (Å²) in [5, 5.41) is 12.0. The first-order chi connectivity index (χ1) is 5.54. The van der Waals surface area contributed by atoms with Crippen LogP contribution in [0, 0.1) is 5.92 Å². The van der Waals surface area contributed by atoms with E-state index in [0.29, 0.717) is 12.5 Å². The van der Waals surface area contributed by atoms with Crippen molar-refractivity contribution < 1.29 is 9.84 Å². The van der Waals surface area contributed by atoms with E-state index in [9.17, 15) is 0 Å². The SMILES string of the molecule is CNC(C)(CO)COCC(C)C. The number of hydrogen-bond donors (Lipinski definition) is 2. The molecule has 12 heavy (non-hydrogen) atoms. The third-order valence-corrected chi connectivity index (χ3v) is 1.82. The molecular weight excluding hydrogens is 154 g/mol. The summed E-state index contributed by atoms with van der Waals surface area (Å²) in [5.74, 6) is 0.546. The van der Waals surface area contributed by atoms with E-state index in [0.717, 1.165) is 6.61 Å². The van der Waals surface area contributed by atoms with E-state index >= 15 is 0 Å². The first-order valence-corrected chi connectivity index (χ1v) is 4.41. The van der Waals surface area contributed by atoms with Crippen molar-refractivity contribution in [1.82, 2.24) is 5.32 Å². The van der Waals surface area contributed by atoms with Crippen molar-refractivity contribution >= 4 is 0 Å². The van der Waals surface area contributed by atoms with Gasteiger partial charge in [0.15, 0.2) is 0 Å². The van der Waals surface area contributed by atoms with Crippen molar-refractivity contribution in [2.45, 2.75) is 26.3 Å². The van der Waals surface area contributed by atoms with Gasteiger partial charge in [0.1, 0.15) is 0 Å². The Bertz CT molecular complexity index is 111. The predicted octanol–water partition coefficient (Wildman–Crippen LogP) is 0.629. The molecule has 3 heteroatoms. The summed E-state index contributed by atoms with van der Waals surface area (Å²) in [6.07, 6.45) is 0. The lowest BCUT2D eigenvalue weighted by Gasteiger charge is -2.26. The Labute approximate surface area is 75.1 Å². The van der Waals surface area contributed by atoms with Gasteiger partial charge in [-0.2, -0.15) is 0 Å². The number of hydrogen-bond acceptors (Lipinski definition) is 3. The van der Waals surface area contributed by atoms with Crippen LogP contribution in [0.4, 0.5) is 0 Å². The van der Waals surface area contributed by atoms with Gasteiger partial charge in [0, 0.05) is 6.61 Å². The second kappa shape index (κ2) is 5.51. The first kappa shape index (κ1) is 11.9. The summed E-state index contributed by atoms with van der Waals surface area (Å²) in [5.41, 5.74) is -0.297. The van der Waals surface area contributed by atoms with Gasteiger partial charge in [0.25, 0.3) is 0 Å². The monoisotopic (exact) mass is 175 g/mol. The maximum Gasteiger partial charge on any atom is 0.0668 e. The van der Waals surface area contributed by atoms with Gasteiger partial charge in [-0.1, -0.05) is 13.8 Å². The van der Waals surface area contributed by atoms with Crippen LogP contribution in [-0.4, -0.2) is 37.5 Å². The molecule has 0 saturated heterocycles. The van der Waals surface area contributed by atoms with E-state index in [1.54, 1.807) is 0 Å². The van der Waals surface area contributed by atoms with Gasteiger partial charge in [-0.25, -0.2) is 0 Å². The summed E-state index contributed by atoms with van der Waals surface area (Å²) >= 11 is 0.